The number of aromatic nitrogens is 2. The molecule has 0 aliphatic heterocycles. The van der Waals surface area contributed by atoms with Crippen LogP contribution in [0.3, 0.4) is 0 Å². The molecule has 0 radical (unpaired) electrons. The van der Waals surface area contributed by atoms with Crippen LogP contribution in [0.15, 0.2) is 36.7 Å². The number of aryl methyl sites for hydroxylation is 1. The maximum Gasteiger partial charge on any atom is 0.314 e. The van der Waals surface area contributed by atoms with Gasteiger partial charge in [0.2, 0.25) is 0 Å². The predicted octanol–water partition coefficient (Wildman–Crippen LogP) is 1.73. The van der Waals surface area contributed by atoms with Crippen molar-refractivity contribution < 1.29 is 9.90 Å². The standard InChI is InChI=1S/C19H26N4O2/c1-18(8-14-6-4-5-7-15(14)9-18)12-20-17(24)21-13-19(2,25)16-10-22-23(3)11-16/h4-7,10-11,25H,8-9,12-13H2,1-3H3,(H2,20,21,24). The minimum atomic E-state index is -1.15. The molecule has 1 aliphatic carbocycles. The van der Waals surface area contributed by atoms with Crippen molar-refractivity contribution in [3.8, 4) is 0 Å². The van der Waals surface area contributed by atoms with E-state index >= 15 is 0 Å². The number of carbonyl (C=O) groups excluding carboxylic acids is 1. The summed E-state index contributed by atoms with van der Waals surface area (Å²) in [6, 6.07) is 8.18. The fraction of sp³-hybridized carbons (Fsp3) is 0.474. The molecule has 0 saturated heterocycles. The molecule has 2 aromatic rings. The fourth-order valence-electron chi connectivity index (χ4n) is 3.42. The second-order valence-electron chi connectivity index (χ2n) is 7.65. The first-order valence-electron chi connectivity index (χ1n) is 8.57. The highest BCUT2D eigenvalue weighted by Crippen LogP contribution is 2.35. The van der Waals surface area contributed by atoms with E-state index in [1.165, 1.54) is 11.1 Å². The van der Waals surface area contributed by atoms with E-state index in [0.717, 1.165) is 12.8 Å². The number of hydrogen-bond donors (Lipinski definition) is 3. The third-order valence-corrected chi connectivity index (χ3v) is 4.95. The van der Waals surface area contributed by atoms with Gasteiger partial charge in [-0.15, -0.1) is 0 Å². The van der Waals surface area contributed by atoms with E-state index in [1.54, 1.807) is 31.0 Å². The van der Waals surface area contributed by atoms with Crippen LogP contribution in [-0.4, -0.2) is 34.0 Å². The molecule has 6 heteroatoms. The first-order chi connectivity index (χ1) is 11.8. The number of nitrogens with one attached hydrogen (secondary N) is 2. The Morgan fingerprint density at radius 2 is 1.96 bits per heavy atom. The topological polar surface area (TPSA) is 79.2 Å². The molecule has 0 bridgehead atoms. The van der Waals surface area contributed by atoms with Crippen LogP contribution in [-0.2, 0) is 25.5 Å². The van der Waals surface area contributed by atoms with E-state index in [0.29, 0.717) is 12.1 Å². The van der Waals surface area contributed by atoms with E-state index in [-0.39, 0.29) is 18.0 Å². The second-order valence-corrected chi connectivity index (χ2v) is 7.65. The van der Waals surface area contributed by atoms with Crippen LogP contribution in [0.1, 0.15) is 30.5 Å². The fourth-order valence-corrected chi connectivity index (χ4v) is 3.42. The Morgan fingerprint density at radius 1 is 1.32 bits per heavy atom. The summed E-state index contributed by atoms with van der Waals surface area (Å²) in [7, 11) is 1.79. The number of carbonyl (C=O) groups is 1. The summed E-state index contributed by atoms with van der Waals surface area (Å²) in [5.41, 5.74) is 2.29. The van der Waals surface area contributed by atoms with Crippen LogP contribution in [0.25, 0.3) is 0 Å². The van der Waals surface area contributed by atoms with Gasteiger partial charge >= 0.3 is 6.03 Å². The van der Waals surface area contributed by atoms with Crippen molar-refractivity contribution >= 4 is 6.03 Å². The van der Waals surface area contributed by atoms with E-state index in [9.17, 15) is 9.90 Å². The van der Waals surface area contributed by atoms with Crippen molar-refractivity contribution in [1.29, 1.82) is 0 Å². The molecule has 0 spiro atoms. The lowest BCUT2D eigenvalue weighted by Gasteiger charge is -2.26. The minimum absolute atomic E-state index is 0.0346. The molecule has 2 amide bonds. The van der Waals surface area contributed by atoms with Crippen LogP contribution in [0, 0.1) is 5.41 Å². The Bertz CT molecular complexity index is 741. The Hall–Kier alpha value is -2.34. The summed E-state index contributed by atoms with van der Waals surface area (Å²) in [6.45, 7) is 4.59. The third kappa shape index (κ3) is 4.02. The first-order valence-corrected chi connectivity index (χ1v) is 8.57. The number of rotatable bonds is 5. The lowest BCUT2D eigenvalue weighted by Crippen LogP contribution is -2.46. The van der Waals surface area contributed by atoms with Crippen LogP contribution in [0.4, 0.5) is 4.79 Å². The van der Waals surface area contributed by atoms with Crippen molar-refractivity contribution in [2.75, 3.05) is 13.1 Å². The molecule has 134 valence electrons. The van der Waals surface area contributed by atoms with Crippen molar-refractivity contribution in [1.82, 2.24) is 20.4 Å². The van der Waals surface area contributed by atoms with Gasteiger partial charge in [-0.1, -0.05) is 31.2 Å². The van der Waals surface area contributed by atoms with Gasteiger partial charge in [-0.05, 0) is 36.3 Å². The Kier molecular flexibility index (Phi) is 4.56. The van der Waals surface area contributed by atoms with Gasteiger partial charge in [-0.25, -0.2) is 4.79 Å². The van der Waals surface area contributed by atoms with E-state index in [2.05, 4.69) is 46.9 Å². The summed E-state index contributed by atoms with van der Waals surface area (Å²) in [5, 5.41) is 20.3. The van der Waals surface area contributed by atoms with Gasteiger partial charge in [0.1, 0.15) is 5.60 Å². The molecule has 1 heterocycles. The van der Waals surface area contributed by atoms with Gasteiger partial charge in [0.15, 0.2) is 0 Å². The summed E-state index contributed by atoms with van der Waals surface area (Å²) < 4.78 is 1.63. The zero-order valence-electron chi connectivity index (χ0n) is 15.0. The van der Waals surface area contributed by atoms with Gasteiger partial charge in [0.05, 0.1) is 12.7 Å². The van der Waals surface area contributed by atoms with Gasteiger partial charge in [0, 0.05) is 25.4 Å². The van der Waals surface area contributed by atoms with Crippen molar-refractivity contribution in [3.05, 3.63) is 53.3 Å². The molecular weight excluding hydrogens is 316 g/mol. The molecule has 0 fully saturated rings. The van der Waals surface area contributed by atoms with Crippen LogP contribution in [0.5, 0.6) is 0 Å². The van der Waals surface area contributed by atoms with Crippen LogP contribution in [0.2, 0.25) is 0 Å². The highest BCUT2D eigenvalue weighted by Gasteiger charge is 2.33. The first kappa shape index (κ1) is 17.5. The second kappa shape index (κ2) is 6.52. The molecular formula is C19H26N4O2. The molecule has 0 saturated carbocycles. The maximum absolute atomic E-state index is 12.1. The number of fused-ring (bicyclic) bond motifs is 1. The van der Waals surface area contributed by atoms with Gasteiger partial charge in [-0.3, -0.25) is 4.68 Å². The normalized spacial score (nSPS) is 17.6. The summed E-state index contributed by atoms with van der Waals surface area (Å²) in [4.78, 5) is 12.1. The summed E-state index contributed by atoms with van der Waals surface area (Å²) in [5.74, 6) is 0. The average Bonchev–Trinajstić information content (AvgIpc) is 3.14. The number of amides is 2. The van der Waals surface area contributed by atoms with E-state index in [1.807, 2.05) is 0 Å². The van der Waals surface area contributed by atoms with Crippen LogP contribution >= 0.6 is 0 Å². The van der Waals surface area contributed by atoms with E-state index in [4.69, 9.17) is 0 Å². The monoisotopic (exact) mass is 342 g/mol. The number of aliphatic hydroxyl groups is 1. The highest BCUT2D eigenvalue weighted by molar-refractivity contribution is 5.74. The maximum atomic E-state index is 12.1. The smallest absolute Gasteiger partial charge is 0.314 e. The van der Waals surface area contributed by atoms with Crippen LogP contribution < -0.4 is 10.6 Å². The molecule has 3 rings (SSSR count). The Labute approximate surface area is 148 Å². The summed E-state index contributed by atoms with van der Waals surface area (Å²) in [6.07, 6.45) is 5.29. The Balaban J connectivity index is 1.49. The number of benzene rings is 1. The molecule has 1 aromatic carbocycles. The zero-order valence-corrected chi connectivity index (χ0v) is 15.0. The van der Waals surface area contributed by atoms with Gasteiger partial charge in [0.25, 0.3) is 0 Å². The SMILES string of the molecule is Cn1cc(C(C)(O)CNC(=O)NCC2(C)Cc3ccccc3C2)cn1. The predicted molar refractivity (Wildman–Crippen MR) is 96.1 cm³/mol. The highest BCUT2D eigenvalue weighted by atomic mass is 16.3. The van der Waals surface area contributed by atoms with Crippen molar-refractivity contribution in [2.45, 2.75) is 32.3 Å². The number of nitrogens with zero attached hydrogens (tertiary/aromatic N) is 2. The molecule has 3 N–H and O–H groups in total. The molecule has 1 aliphatic rings. The molecule has 1 atom stereocenters. The van der Waals surface area contributed by atoms with Gasteiger partial charge in [-0.2, -0.15) is 5.10 Å². The largest absolute Gasteiger partial charge is 0.383 e. The number of hydrogen-bond acceptors (Lipinski definition) is 3. The minimum Gasteiger partial charge on any atom is -0.383 e. The molecule has 1 aromatic heterocycles. The summed E-state index contributed by atoms with van der Waals surface area (Å²) >= 11 is 0. The third-order valence-electron chi connectivity index (χ3n) is 4.95. The average molecular weight is 342 g/mol. The molecule has 1 unspecified atom stereocenters. The lowest BCUT2D eigenvalue weighted by atomic mass is 9.87. The Morgan fingerprint density at radius 3 is 2.52 bits per heavy atom. The lowest BCUT2D eigenvalue weighted by molar-refractivity contribution is 0.0592. The molecule has 6 nitrogen and oxygen atoms in total. The van der Waals surface area contributed by atoms with Gasteiger partial charge < -0.3 is 15.7 Å². The zero-order chi connectivity index (χ0) is 18.1. The molecule has 25 heavy (non-hydrogen) atoms. The van der Waals surface area contributed by atoms with E-state index < -0.39 is 5.60 Å². The quantitative estimate of drug-likeness (QED) is 0.774. The van der Waals surface area contributed by atoms with Crippen molar-refractivity contribution in [3.63, 3.8) is 0 Å². The number of urea groups is 1. The van der Waals surface area contributed by atoms with Crippen molar-refractivity contribution in [2.24, 2.45) is 12.5 Å².